The van der Waals surface area contributed by atoms with Gasteiger partial charge in [-0.2, -0.15) is 87.8 Å². The summed E-state index contributed by atoms with van der Waals surface area (Å²) in [5.41, 5.74) is -14.4. The first-order chi connectivity index (χ1) is 16.6. The Balaban J connectivity index is 8.21. The van der Waals surface area contributed by atoms with Crippen molar-refractivity contribution in [2.24, 2.45) is 0 Å². The van der Waals surface area contributed by atoms with Crippen LogP contribution in [0.25, 0.3) is 0 Å². The molecule has 0 aliphatic carbocycles. The molecule has 0 bridgehead atoms. The molecule has 3 atom stereocenters. The van der Waals surface area contributed by atoms with Gasteiger partial charge < -0.3 is 0 Å². The van der Waals surface area contributed by atoms with Gasteiger partial charge in [-0.25, -0.2) is 13.2 Å². The molecule has 0 aromatic carbocycles. The van der Waals surface area contributed by atoms with Crippen molar-refractivity contribution in [1.82, 2.24) is 4.90 Å². The monoisotopic (exact) mass is 655 g/mol. The normalized spacial score (nSPS) is 20.7. The third-order valence-corrected chi connectivity index (χ3v) is 5.51. The van der Waals surface area contributed by atoms with Gasteiger partial charge in [0.25, 0.3) is 11.3 Å². The zero-order chi connectivity index (χ0) is 33.6. The molecule has 0 N–H and O–H groups in total. The lowest BCUT2D eigenvalue weighted by atomic mass is 9.86. The minimum absolute atomic E-state index is 1.44. The first-order valence-electron chi connectivity index (χ1n) is 9.27. The Kier molecular flexibility index (Phi) is 8.79. The minimum atomic E-state index is -8.79. The molecule has 0 spiro atoms. The first-order valence-corrected chi connectivity index (χ1v) is 9.27. The maximum absolute atomic E-state index is 15.0. The molecular weight excluding hydrogens is 643 g/mol. The summed E-state index contributed by atoms with van der Waals surface area (Å²) >= 11 is 0. The molecule has 0 aromatic heterocycles. The van der Waals surface area contributed by atoms with Crippen LogP contribution in [-0.2, 0) is 0 Å². The summed E-state index contributed by atoms with van der Waals surface area (Å²) in [7, 11) is 0. The fraction of sp³-hybridized carbons (Fsp3) is 1.00. The zero-order valence-corrected chi connectivity index (χ0v) is 19.1. The molecular formula is C16H12F23N. The van der Waals surface area contributed by atoms with E-state index in [4.69, 9.17) is 0 Å². The van der Waals surface area contributed by atoms with Gasteiger partial charge in [0.15, 0.2) is 0 Å². The molecule has 0 saturated heterocycles. The molecule has 1 nitrogen and oxygen atoms in total. The third-order valence-electron chi connectivity index (χ3n) is 5.51. The maximum atomic E-state index is 15.0. The molecule has 0 aliphatic rings. The highest BCUT2D eigenvalue weighted by Gasteiger charge is 2.92. The van der Waals surface area contributed by atoms with Crippen LogP contribution in [-0.4, -0.2) is 76.1 Å². The zero-order valence-electron chi connectivity index (χ0n) is 19.1. The van der Waals surface area contributed by atoms with Gasteiger partial charge in [-0.3, -0.25) is 0 Å². The molecule has 3 unspecified atom stereocenters. The lowest BCUT2D eigenvalue weighted by Crippen LogP contribution is -2.82. The predicted octanol–water partition coefficient (Wildman–Crippen LogP) is 8.94. The van der Waals surface area contributed by atoms with Crippen LogP contribution < -0.4 is 0 Å². The Labute approximate surface area is 206 Å². The Hall–Kier alpha value is -1.65. The number of halogens is 23. The average Bonchev–Trinajstić information content (AvgIpc) is 2.63. The molecule has 0 aliphatic heterocycles. The van der Waals surface area contributed by atoms with Crippen LogP contribution in [0, 0.1) is 0 Å². The molecule has 0 aromatic rings. The van der Waals surface area contributed by atoms with E-state index in [9.17, 15) is 101 Å². The van der Waals surface area contributed by atoms with Crippen molar-refractivity contribution in [3.63, 3.8) is 0 Å². The summed E-state index contributed by atoms with van der Waals surface area (Å²) in [5, 5.41) is 0. The van der Waals surface area contributed by atoms with Crippen molar-refractivity contribution in [3.05, 3.63) is 0 Å². The Bertz CT molecular complexity index is 796. The van der Waals surface area contributed by atoms with Gasteiger partial charge in [-0.1, -0.05) is 0 Å². The fourth-order valence-electron chi connectivity index (χ4n) is 2.72. The van der Waals surface area contributed by atoms with Gasteiger partial charge in [0, 0.05) is 6.92 Å². The Morgan fingerprint density at radius 2 is 0.650 bits per heavy atom. The van der Waals surface area contributed by atoms with Crippen LogP contribution in [0.4, 0.5) is 101 Å². The molecule has 24 heteroatoms. The second kappa shape index (κ2) is 9.17. The van der Waals surface area contributed by atoms with E-state index in [0.717, 1.165) is 0 Å². The van der Waals surface area contributed by atoms with E-state index >= 15 is 0 Å². The van der Waals surface area contributed by atoms with E-state index in [1.54, 1.807) is 0 Å². The summed E-state index contributed by atoms with van der Waals surface area (Å²) in [6.45, 7) is -7.05. The van der Waals surface area contributed by atoms with Crippen LogP contribution in [0.2, 0.25) is 0 Å². The van der Waals surface area contributed by atoms with Crippen molar-refractivity contribution < 1.29 is 101 Å². The summed E-state index contributed by atoms with van der Waals surface area (Å²) in [5.74, 6) is -46.6. The van der Waals surface area contributed by atoms with E-state index in [-0.39, 0.29) is 0 Å². The van der Waals surface area contributed by atoms with Crippen molar-refractivity contribution in [1.29, 1.82) is 0 Å². The van der Waals surface area contributed by atoms with Crippen molar-refractivity contribution in [2.75, 3.05) is 0 Å². The molecule has 0 rings (SSSR count). The molecule has 0 fully saturated rings. The van der Waals surface area contributed by atoms with Crippen LogP contribution in [0.15, 0.2) is 0 Å². The standard InChI is InChI=1S/C16H12F23N/c1-5(17,13(30,31)32)9(22,23)8(4,21)40(15(36,37)6(2,18)10(24,25)14(33,34)35)16(38,39)12(28,29)11(26,27)7(3,19)20/h1-4H3. The van der Waals surface area contributed by atoms with Gasteiger partial charge >= 0.3 is 54.1 Å². The van der Waals surface area contributed by atoms with Crippen molar-refractivity contribution >= 4 is 0 Å². The van der Waals surface area contributed by atoms with Gasteiger partial charge in [0.2, 0.25) is 5.79 Å². The van der Waals surface area contributed by atoms with E-state index in [0.29, 0.717) is 0 Å². The molecule has 0 heterocycles. The number of hydrogen-bond acceptors (Lipinski definition) is 1. The third kappa shape index (κ3) is 4.79. The minimum Gasteiger partial charge on any atom is -0.229 e. The van der Waals surface area contributed by atoms with Crippen LogP contribution in [0.1, 0.15) is 27.7 Å². The van der Waals surface area contributed by atoms with E-state index in [1.807, 2.05) is 0 Å². The van der Waals surface area contributed by atoms with E-state index in [1.165, 1.54) is 0 Å². The quantitative estimate of drug-likeness (QED) is 0.168. The van der Waals surface area contributed by atoms with Crippen LogP contribution in [0.3, 0.4) is 0 Å². The van der Waals surface area contributed by atoms with Crippen LogP contribution >= 0.6 is 0 Å². The smallest absolute Gasteiger partial charge is 0.229 e. The van der Waals surface area contributed by atoms with E-state index in [2.05, 4.69) is 0 Å². The number of rotatable bonds is 10. The summed E-state index contributed by atoms with van der Waals surface area (Å²) in [4.78, 5) is -4.70. The lowest BCUT2D eigenvalue weighted by molar-refractivity contribution is -0.486. The average molecular weight is 655 g/mol. The summed E-state index contributed by atoms with van der Waals surface area (Å²) in [6, 6.07) is -17.3. The molecule has 0 radical (unpaired) electrons. The second-order valence-electron chi connectivity index (χ2n) is 8.56. The lowest BCUT2D eigenvalue weighted by Gasteiger charge is -2.53. The van der Waals surface area contributed by atoms with Crippen molar-refractivity contribution in [2.45, 2.75) is 98.9 Å². The predicted molar refractivity (Wildman–Crippen MR) is 82.8 cm³/mol. The highest BCUT2D eigenvalue weighted by molar-refractivity contribution is 5.16. The van der Waals surface area contributed by atoms with Gasteiger partial charge in [0.05, 0.1) is 0 Å². The van der Waals surface area contributed by atoms with Crippen molar-refractivity contribution in [3.8, 4) is 0 Å². The van der Waals surface area contributed by atoms with Gasteiger partial charge in [-0.05, 0) is 20.8 Å². The number of nitrogens with zero attached hydrogens (tertiary/aromatic N) is 1. The highest BCUT2D eigenvalue weighted by atomic mass is 19.4. The largest absolute Gasteiger partial charge is 0.457 e. The van der Waals surface area contributed by atoms with Crippen LogP contribution in [0.5, 0.6) is 0 Å². The Morgan fingerprint density at radius 3 is 0.900 bits per heavy atom. The first kappa shape index (κ1) is 38.4. The summed E-state index contributed by atoms with van der Waals surface area (Å²) in [6.07, 6.45) is -15.2. The van der Waals surface area contributed by atoms with E-state index < -0.39 is 104 Å². The molecule has 0 amide bonds. The topological polar surface area (TPSA) is 3.24 Å². The van der Waals surface area contributed by atoms with Gasteiger partial charge in [-0.15, -0.1) is 4.90 Å². The molecule has 40 heavy (non-hydrogen) atoms. The molecule has 242 valence electrons. The maximum Gasteiger partial charge on any atom is 0.457 e. The second-order valence-corrected chi connectivity index (χ2v) is 8.56. The Morgan fingerprint density at radius 1 is 0.325 bits per heavy atom. The summed E-state index contributed by atoms with van der Waals surface area (Å²) < 4.78 is 314. The SMILES string of the molecule is CC(F)(F)C(F)(F)C(F)(F)C(F)(F)N(C(C)(F)C(F)(F)C(C)(F)C(F)(F)F)C(F)(F)C(C)(F)C(F)(F)C(F)(F)F. The number of hydrogen-bond donors (Lipinski definition) is 0. The molecule has 0 saturated carbocycles. The highest BCUT2D eigenvalue weighted by Crippen LogP contribution is 2.64. The fourth-order valence-corrected chi connectivity index (χ4v) is 2.72. The number of alkyl halides is 23. The van der Waals surface area contributed by atoms with Gasteiger partial charge in [0.1, 0.15) is 0 Å².